The molecule has 0 radical (unpaired) electrons. The van der Waals surface area contributed by atoms with Gasteiger partial charge in [-0.05, 0) is 0 Å². The van der Waals surface area contributed by atoms with Gasteiger partial charge in [0, 0.05) is 6.07 Å². The number of nitrogens with zero attached hydrogens (tertiary/aromatic N) is 3. The fourth-order valence-electron chi connectivity index (χ4n) is 1.88. The first kappa shape index (κ1) is 22.5. The third-order valence-electron chi connectivity index (χ3n) is 2.97. The van der Waals surface area contributed by atoms with Crippen molar-refractivity contribution in [2.75, 3.05) is 0 Å². The minimum atomic E-state index is -6.40. The summed E-state index contributed by atoms with van der Waals surface area (Å²) in [6.07, 6.45) is -11.8. The Hall–Kier alpha value is -2.82. The van der Waals surface area contributed by atoms with E-state index < -0.39 is 65.0 Å². The molecule has 164 valence electrons. The van der Waals surface area contributed by atoms with Crippen molar-refractivity contribution in [1.29, 1.82) is 0 Å². The summed E-state index contributed by atoms with van der Waals surface area (Å²) >= 11 is 0. The lowest BCUT2D eigenvalue weighted by atomic mass is 10.2. The second kappa shape index (κ2) is 7.21. The molecule has 0 atom stereocenters. The van der Waals surface area contributed by atoms with Gasteiger partial charge in [0.15, 0.2) is 11.4 Å². The molecule has 6 nitrogen and oxygen atoms in total. The number of alkyl halides is 12. The minimum Gasteiger partial charge on any atom is -0.417 e. The topological polar surface area (TPSA) is 65.0 Å². The van der Waals surface area contributed by atoms with Crippen LogP contribution in [0.15, 0.2) is 6.07 Å². The van der Waals surface area contributed by atoms with Gasteiger partial charge in [0.05, 0.1) is 0 Å². The van der Waals surface area contributed by atoms with Crippen LogP contribution in [-0.4, -0.2) is 39.4 Å². The number of aromatic nitrogens is 4. The van der Waals surface area contributed by atoms with Crippen molar-refractivity contribution in [2.45, 2.75) is 31.5 Å². The molecule has 1 N–H and O–H groups in total. The smallest absolute Gasteiger partial charge is 0.417 e. The van der Waals surface area contributed by atoms with Crippen molar-refractivity contribution >= 4 is 0 Å². The van der Waals surface area contributed by atoms with E-state index in [0.717, 1.165) is 5.10 Å². The zero-order valence-electron chi connectivity index (χ0n) is 12.9. The van der Waals surface area contributed by atoms with Gasteiger partial charge in [-0.15, -0.1) is 5.10 Å². The van der Waals surface area contributed by atoms with Crippen LogP contribution >= 0.6 is 0 Å². The van der Waals surface area contributed by atoms with Crippen LogP contribution in [0.4, 0.5) is 52.7 Å². The van der Waals surface area contributed by atoms with Crippen molar-refractivity contribution < 1.29 is 62.2 Å². The standard InChI is InChI=1S/C11H4F12N4O2/c12-7(13)28-3-1-2(10(18,19)20)26-27(3)4-5(9(16,17)11(21,22)23)24-25-6(4)29-8(14)15/h1,7-8H,(H,24,25). The quantitative estimate of drug-likeness (QED) is 0.658. The number of ether oxygens (including phenoxy) is 2. The van der Waals surface area contributed by atoms with Crippen LogP contribution in [-0.2, 0) is 12.1 Å². The van der Waals surface area contributed by atoms with Gasteiger partial charge in [-0.2, -0.15) is 62.5 Å². The maximum atomic E-state index is 13.7. The molecular formula is C11H4F12N4O2. The zero-order valence-corrected chi connectivity index (χ0v) is 12.9. The maximum absolute atomic E-state index is 13.7. The van der Waals surface area contributed by atoms with Gasteiger partial charge in [0.25, 0.3) is 5.88 Å². The number of aromatic amines is 1. The van der Waals surface area contributed by atoms with Gasteiger partial charge < -0.3 is 9.47 Å². The average Bonchev–Trinajstić information content (AvgIpc) is 3.08. The molecule has 29 heavy (non-hydrogen) atoms. The molecule has 0 aliphatic rings. The predicted molar refractivity (Wildman–Crippen MR) is 63.9 cm³/mol. The summed E-state index contributed by atoms with van der Waals surface area (Å²) in [4.78, 5) is 0. The molecule has 0 saturated heterocycles. The van der Waals surface area contributed by atoms with Crippen molar-refractivity contribution in [3.8, 4) is 17.4 Å². The average molecular weight is 452 g/mol. The number of H-pyrrole nitrogens is 1. The highest BCUT2D eigenvalue weighted by atomic mass is 19.4. The van der Waals surface area contributed by atoms with E-state index in [4.69, 9.17) is 0 Å². The SMILES string of the molecule is FC(F)Oc1n[nH]c(C(F)(F)C(F)(F)F)c1-n1nc(C(F)(F)F)cc1OC(F)F. The number of hydrogen-bond donors (Lipinski definition) is 1. The first-order chi connectivity index (χ1) is 13.1. The molecule has 0 amide bonds. The summed E-state index contributed by atoms with van der Waals surface area (Å²) in [5, 5.41) is 6.15. The normalized spacial score (nSPS) is 13.4. The molecule has 0 aliphatic heterocycles. The molecule has 0 fully saturated rings. The number of hydrogen-bond acceptors (Lipinski definition) is 4. The fraction of sp³-hybridized carbons (Fsp3) is 0.455. The Morgan fingerprint density at radius 2 is 1.45 bits per heavy atom. The largest absolute Gasteiger partial charge is 0.459 e. The molecule has 2 heterocycles. The van der Waals surface area contributed by atoms with Crippen LogP contribution in [0.25, 0.3) is 5.69 Å². The van der Waals surface area contributed by atoms with E-state index >= 15 is 0 Å². The Bertz CT molecular complexity index is 853. The lowest BCUT2D eigenvalue weighted by Crippen LogP contribution is -2.35. The number of halogens is 12. The second-order valence-corrected chi connectivity index (χ2v) is 4.86. The Labute approximate surface area is 150 Å². The summed E-state index contributed by atoms with van der Waals surface area (Å²) in [5.41, 5.74) is -6.46. The van der Waals surface area contributed by atoms with E-state index in [1.807, 2.05) is 0 Å². The molecule has 0 unspecified atom stereocenters. The van der Waals surface area contributed by atoms with Crippen molar-refractivity contribution in [1.82, 2.24) is 20.0 Å². The first-order valence-electron chi connectivity index (χ1n) is 6.66. The maximum Gasteiger partial charge on any atom is 0.459 e. The summed E-state index contributed by atoms with van der Waals surface area (Å²) in [7, 11) is 0. The monoisotopic (exact) mass is 452 g/mol. The predicted octanol–water partition coefficient (Wildman–Crippen LogP) is 4.47. The Morgan fingerprint density at radius 1 is 0.897 bits per heavy atom. The van der Waals surface area contributed by atoms with Crippen LogP contribution in [0.5, 0.6) is 11.8 Å². The van der Waals surface area contributed by atoms with Crippen LogP contribution < -0.4 is 9.47 Å². The van der Waals surface area contributed by atoms with Crippen LogP contribution in [0.3, 0.4) is 0 Å². The molecule has 0 aliphatic carbocycles. The molecule has 18 heteroatoms. The van der Waals surface area contributed by atoms with Gasteiger partial charge in [-0.25, -0.2) is 0 Å². The second-order valence-electron chi connectivity index (χ2n) is 4.86. The van der Waals surface area contributed by atoms with E-state index in [-0.39, 0.29) is 6.07 Å². The lowest BCUT2D eigenvalue weighted by molar-refractivity contribution is -0.290. The van der Waals surface area contributed by atoms with Crippen LogP contribution in [0.2, 0.25) is 0 Å². The first-order valence-corrected chi connectivity index (χ1v) is 6.66. The van der Waals surface area contributed by atoms with Gasteiger partial charge in [0.2, 0.25) is 5.88 Å². The van der Waals surface area contributed by atoms with Crippen LogP contribution in [0.1, 0.15) is 11.4 Å². The fourth-order valence-corrected chi connectivity index (χ4v) is 1.88. The zero-order chi connectivity index (χ0) is 22.4. The van der Waals surface area contributed by atoms with E-state index in [1.165, 1.54) is 0 Å². The summed E-state index contributed by atoms with van der Waals surface area (Å²) in [6, 6.07) is -0.291. The summed E-state index contributed by atoms with van der Waals surface area (Å²) in [5.74, 6) is -9.44. The van der Waals surface area contributed by atoms with Crippen molar-refractivity contribution in [3.05, 3.63) is 17.5 Å². The molecule has 0 bridgehead atoms. The Morgan fingerprint density at radius 3 is 1.90 bits per heavy atom. The third kappa shape index (κ3) is 4.44. The third-order valence-corrected chi connectivity index (χ3v) is 2.97. The number of rotatable bonds is 6. The minimum absolute atomic E-state index is 0.291. The van der Waals surface area contributed by atoms with E-state index in [1.54, 1.807) is 0 Å². The van der Waals surface area contributed by atoms with E-state index in [0.29, 0.717) is 0 Å². The highest BCUT2D eigenvalue weighted by Crippen LogP contribution is 2.47. The van der Waals surface area contributed by atoms with Gasteiger partial charge >= 0.3 is 31.5 Å². The molecule has 2 aromatic heterocycles. The van der Waals surface area contributed by atoms with Gasteiger partial charge in [-0.1, -0.05) is 0 Å². The molecule has 0 aromatic carbocycles. The highest BCUT2D eigenvalue weighted by Gasteiger charge is 2.62. The van der Waals surface area contributed by atoms with E-state index in [2.05, 4.69) is 19.7 Å². The Balaban J connectivity index is 2.81. The highest BCUT2D eigenvalue weighted by molar-refractivity contribution is 5.50. The van der Waals surface area contributed by atoms with Crippen molar-refractivity contribution in [2.24, 2.45) is 0 Å². The molecular weight excluding hydrogens is 448 g/mol. The summed E-state index contributed by atoms with van der Waals surface area (Å²) < 4.78 is 160. The van der Waals surface area contributed by atoms with Crippen LogP contribution in [0, 0.1) is 0 Å². The summed E-state index contributed by atoms with van der Waals surface area (Å²) in [6.45, 7) is -7.80. The van der Waals surface area contributed by atoms with Gasteiger partial charge in [0.1, 0.15) is 5.69 Å². The number of nitrogens with one attached hydrogen (secondary N) is 1. The molecule has 0 spiro atoms. The van der Waals surface area contributed by atoms with Gasteiger partial charge in [-0.3, -0.25) is 5.10 Å². The molecule has 2 rings (SSSR count). The lowest BCUT2D eigenvalue weighted by Gasteiger charge is -2.20. The molecule has 0 saturated carbocycles. The van der Waals surface area contributed by atoms with Crippen molar-refractivity contribution in [3.63, 3.8) is 0 Å². The molecule has 2 aromatic rings. The Kier molecular flexibility index (Phi) is 5.59. The van der Waals surface area contributed by atoms with E-state index in [9.17, 15) is 52.7 Å².